The number of aromatic amines is 1. The van der Waals surface area contributed by atoms with E-state index in [0.29, 0.717) is 4.77 Å². The van der Waals surface area contributed by atoms with Gasteiger partial charge in [0.15, 0.2) is 13.0 Å². The Bertz CT molecular complexity index is 387. The van der Waals surface area contributed by atoms with Gasteiger partial charge in [-0.2, -0.15) is 0 Å². The zero-order valence-electron chi connectivity index (χ0n) is 7.42. The van der Waals surface area contributed by atoms with Crippen LogP contribution >= 0.6 is 12.2 Å². The van der Waals surface area contributed by atoms with Crippen LogP contribution in [-0.4, -0.2) is 17.5 Å². The highest BCUT2D eigenvalue weighted by Crippen LogP contribution is 2.03. The molecule has 12 heavy (non-hydrogen) atoms. The molecule has 66 valence electrons. The molecule has 1 heterocycles. The summed E-state index contributed by atoms with van der Waals surface area (Å²) in [5, 5.41) is 0. The van der Waals surface area contributed by atoms with Crippen LogP contribution in [0.15, 0.2) is 17.1 Å². The fourth-order valence-corrected chi connectivity index (χ4v) is 3.12. The monoisotopic (exact) mass is 200 g/mol. The van der Waals surface area contributed by atoms with Gasteiger partial charge in [0, 0.05) is 12.3 Å². The van der Waals surface area contributed by atoms with Crippen molar-refractivity contribution in [3.63, 3.8) is 0 Å². The predicted molar refractivity (Wildman–Crippen MR) is 54.6 cm³/mol. The third-order valence-corrected chi connectivity index (χ3v) is 3.83. The normalized spacial score (nSPS) is 11.6. The lowest BCUT2D eigenvalue weighted by molar-refractivity contribution is 0.981. The van der Waals surface area contributed by atoms with Crippen molar-refractivity contribution in [2.75, 3.05) is 0 Å². The minimum atomic E-state index is -1.46. The average Bonchev–Trinajstić information content (AvgIpc) is 1.83. The Morgan fingerprint density at radius 1 is 1.50 bits per heavy atom. The van der Waals surface area contributed by atoms with Crippen molar-refractivity contribution in [2.45, 2.75) is 19.6 Å². The smallest absolute Gasteiger partial charge is 0.251 e. The van der Waals surface area contributed by atoms with Gasteiger partial charge in [0.2, 0.25) is 0 Å². The molecule has 0 aliphatic heterocycles. The molecule has 0 amide bonds. The summed E-state index contributed by atoms with van der Waals surface area (Å²) in [7, 11) is -1.46. The van der Waals surface area contributed by atoms with E-state index in [4.69, 9.17) is 12.2 Å². The van der Waals surface area contributed by atoms with E-state index in [1.807, 2.05) is 4.23 Å². The van der Waals surface area contributed by atoms with Crippen molar-refractivity contribution in [3.05, 3.63) is 27.4 Å². The van der Waals surface area contributed by atoms with Crippen LogP contribution in [0.4, 0.5) is 0 Å². The fraction of sp³-hybridized carbons (Fsp3) is 0.429. The lowest BCUT2D eigenvalue weighted by Crippen LogP contribution is -2.34. The zero-order chi connectivity index (χ0) is 9.35. The first-order valence-corrected chi connectivity index (χ1v) is 7.59. The van der Waals surface area contributed by atoms with E-state index in [1.54, 1.807) is 6.20 Å². The second-order valence-corrected chi connectivity index (χ2v) is 8.86. The van der Waals surface area contributed by atoms with Gasteiger partial charge in [-0.3, -0.25) is 9.78 Å². The second-order valence-electron chi connectivity index (χ2n) is 3.65. The predicted octanol–water partition coefficient (Wildman–Crippen LogP) is 1.59. The number of hydrogen-bond acceptors (Lipinski definition) is 2. The summed E-state index contributed by atoms with van der Waals surface area (Å²) in [5.41, 5.74) is -0.130. The Labute approximate surface area is 77.2 Å². The van der Waals surface area contributed by atoms with E-state index in [2.05, 4.69) is 24.6 Å². The number of nitrogens with one attached hydrogen (secondary N) is 1. The molecule has 3 nitrogen and oxygen atoms in total. The van der Waals surface area contributed by atoms with Crippen LogP contribution in [0.25, 0.3) is 0 Å². The van der Waals surface area contributed by atoms with Gasteiger partial charge in [-0.15, -0.1) is 0 Å². The Morgan fingerprint density at radius 3 is 2.50 bits per heavy atom. The summed E-state index contributed by atoms with van der Waals surface area (Å²) in [6.07, 6.45) is 1.77. The number of hydrogen-bond donors (Lipinski definition) is 1. The molecule has 0 spiro atoms. The molecule has 1 N–H and O–H groups in total. The first kappa shape index (κ1) is 9.41. The minimum absolute atomic E-state index is 0.130. The van der Waals surface area contributed by atoms with Crippen molar-refractivity contribution >= 4 is 20.5 Å². The summed E-state index contributed by atoms with van der Waals surface area (Å²) in [5.74, 6) is 0. The van der Waals surface area contributed by atoms with Gasteiger partial charge in [-0.05, 0) is 12.2 Å². The molecular formula is C7H12N2OSSi. The van der Waals surface area contributed by atoms with E-state index in [-0.39, 0.29) is 5.56 Å². The number of rotatable bonds is 1. The van der Waals surface area contributed by atoms with Gasteiger partial charge in [0.05, 0.1) is 0 Å². The minimum Gasteiger partial charge on any atom is -0.353 e. The van der Waals surface area contributed by atoms with Crippen LogP contribution in [-0.2, 0) is 0 Å². The molecule has 0 fully saturated rings. The third kappa shape index (κ3) is 1.92. The lowest BCUT2D eigenvalue weighted by Gasteiger charge is -2.19. The SMILES string of the molecule is C[Si](C)(C)n1ccc(=O)[nH]c1=S. The Balaban J connectivity index is 3.39. The molecule has 0 aliphatic rings. The van der Waals surface area contributed by atoms with Crippen molar-refractivity contribution in [1.82, 2.24) is 9.22 Å². The molecule has 0 unspecified atom stereocenters. The van der Waals surface area contributed by atoms with Gasteiger partial charge >= 0.3 is 0 Å². The molecule has 0 saturated heterocycles. The van der Waals surface area contributed by atoms with Crippen LogP contribution in [0.1, 0.15) is 0 Å². The summed E-state index contributed by atoms with van der Waals surface area (Å²) >= 11 is 5.03. The van der Waals surface area contributed by atoms with Crippen LogP contribution in [0.5, 0.6) is 0 Å². The maximum Gasteiger partial charge on any atom is 0.251 e. The zero-order valence-corrected chi connectivity index (χ0v) is 9.23. The summed E-state index contributed by atoms with van der Waals surface area (Å²) in [6, 6.07) is 1.51. The molecule has 0 saturated carbocycles. The van der Waals surface area contributed by atoms with Crippen LogP contribution in [0.2, 0.25) is 19.6 Å². The molecule has 1 aromatic rings. The quantitative estimate of drug-likeness (QED) is 0.552. The maximum atomic E-state index is 10.8. The molecule has 0 aliphatic carbocycles. The lowest BCUT2D eigenvalue weighted by atomic mass is 10.7. The molecule has 1 rings (SSSR count). The molecule has 0 radical (unpaired) electrons. The first-order valence-electron chi connectivity index (χ1n) is 3.74. The van der Waals surface area contributed by atoms with E-state index in [0.717, 1.165) is 0 Å². The fourth-order valence-electron chi connectivity index (χ4n) is 0.945. The summed E-state index contributed by atoms with van der Waals surface area (Å²) in [6.45, 7) is 6.50. The third-order valence-electron chi connectivity index (χ3n) is 1.55. The largest absolute Gasteiger partial charge is 0.353 e. The van der Waals surface area contributed by atoms with Crippen molar-refractivity contribution in [2.24, 2.45) is 0 Å². The summed E-state index contributed by atoms with van der Waals surface area (Å²) in [4.78, 5) is 13.5. The molecular weight excluding hydrogens is 188 g/mol. The van der Waals surface area contributed by atoms with Gasteiger partial charge < -0.3 is 4.23 Å². The summed E-state index contributed by atoms with van der Waals surface area (Å²) < 4.78 is 2.52. The maximum absolute atomic E-state index is 10.8. The van der Waals surface area contributed by atoms with E-state index < -0.39 is 8.24 Å². The van der Waals surface area contributed by atoms with E-state index in [9.17, 15) is 4.79 Å². The Hall–Kier alpha value is -0.683. The topological polar surface area (TPSA) is 37.8 Å². The Kier molecular flexibility index (Phi) is 2.34. The van der Waals surface area contributed by atoms with Gasteiger partial charge in [0.25, 0.3) is 5.56 Å². The van der Waals surface area contributed by atoms with Crippen molar-refractivity contribution in [1.29, 1.82) is 0 Å². The second kappa shape index (κ2) is 2.99. The van der Waals surface area contributed by atoms with Gasteiger partial charge in [0.1, 0.15) is 0 Å². The first-order chi connectivity index (χ1) is 5.41. The van der Waals surface area contributed by atoms with Crippen molar-refractivity contribution < 1.29 is 0 Å². The molecule has 5 heteroatoms. The van der Waals surface area contributed by atoms with Crippen LogP contribution < -0.4 is 5.56 Å². The van der Waals surface area contributed by atoms with E-state index >= 15 is 0 Å². The highest BCUT2D eigenvalue weighted by Gasteiger charge is 2.15. The highest BCUT2D eigenvalue weighted by atomic mass is 32.1. The molecule has 0 atom stereocenters. The molecule has 1 aromatic heterocycles. The van der Waals surface area contributed by atoms with Gasteiger partial charge in [-0.1, -0.05) is 19.6 Å². The molecule has 0 aromatic carbocycles. The van der Waals surface area contributed by atoms with Crippen molar-refractivity contribution in [3.8, 4) is 0 Å². The highest BCUT2D eigenvalue weighted by molar-refractivity contribution is 7.71. The van der Waals surface area contributed by atoms with Gasteiger partial charge in [-0.25, -0.2) is 0 Å². The number of aromatic nitrogens is 2. The number of nitrogens with zero attached hydrogens (tertiary/aromatic N) is 1. The standard InChI is InChI=1S/C7H12N2OSSi/c1-12(2,3)9-5-4-6(10)8-7(9)11/h4-5H,1-3H3,(H,8,10,11). The number of H-pyrrole nitrogens is 1. The average molecular weight is 200 g/mol. The van der Waals surface area contributed by atoms with E-state index in [1.165, 1.54) is 6.07 Å². The van der Waals surface area contributed by atoms with Crippen LogP contribution in [0.3, 0.4) is 0 Å². The molecule has 0 bridgehead atoms. The Morgan fingerprint density at radius 2 is 2.08 bits per heavy atom. The van der Waals surface area contributed by atoms with Crippen LogP contribution in [0, 0.1) is 4.77 Å².